The van der Waals surface area contributed by atoms with Crippen molar-refractivity contribution in [1.29, 1.82) is 0 Å². The van der Waals surface area contributed by atoms with Gasteiger partial charge < -0.3 is 164 Å². The van der Waals surface area contributed by atoms with Crippen molar-refractivity contribution in [3.05, 3.63) is 180 Å². The number of hydrogen-bond acceptors (Lipinski definition) is 36. The molecule has 4 unspecified atom stereocenters. The molecule has 4 atom stereocenters. The van der Waals surface area contributed by atoms with Gasteiger partial charge in [0.05, 0.1) is 38.1 Å². The Labute approximate surface area is 1390 Å². The quantitative estimate of drug-likeness (QED) is 0.0401. The van der Waals surface area contributed by atoms with Gasteiger partial charge in [0.2, 0.25) is 0 Å². The van der Waals surface area contributed by atoms with Crippen LogP contribution in [0.1, 0.15) is 136 Å². The van der Waals surface area contributed by atoms with Crippen LogP contribution in [0.25, 0.3) is 0 Å². The summed E-state index contributed by atoms with van der Waals surface area (Å²) in [6, 6.07) is 0. The average molecular weight is 3710 g/mol. The molecule has 0 amide bonds. The molecule has 0 aliphatic rings. The van der Waals surface area contributed by atoms with Crippen molar-refractivity contribution >= 4 is 0 Å². The minimum Gasteiger partial charge on any atom is -0.505 e. The number of aryl methyl sites for hydroxylation is 6. The summed E-state index contributed by atoms with van der Waals surface area (Å²) >= 11 is 0. The SMILES string of the molecule is COCC(O)CCc1n[c-]nc(Cc2n[c-]nc(C(c3n[c-]n[c-]n3)c3n[c-]nc(C)n3)n2)n1.COCC(O)CCc1n[c-]nc(Cc2n[c-]nc(Cc3n[c-]n[c-]n3)n2)n1.COCC(O)CCc1nc(Cc2n[c-]nc(C)n2)nc(Cc2n[c-]nc(C)n2)n1.[Y].[Y].[Y].[Y].[Y].[Y].[Y].[Y].[Y].[Y].[Y].[Y].[Y].[Y].[Y].[Y].[Y].[Y].[Y].[Y].[Y].[Y].[Y].[Y].[Y].[Y].[Y].[Y]. The van der Waals surface area contributed by atoms with Gasteiger partial charge in [-0.2, -0.15) is 25.3 Å². The van der Waals surface area contributed by atoms with Crippen LogP contribution in [-0.4, -0.2) is 224 Å². The molecule has 118 heavy (non-hydrogen) atoms. The Bertz CT molecular complexity index is 3810. The molecule has 36 nitrogen and oxygen atoms in total. The van der Waals surface area contributed by atoms with Crippen LogP contribution < -0.4 is 0 Å². The molecule has 0 saturated heterocycles. The number of aliphatic hydroxyl groups excluding tert-OH is 3. The third-order valence-corrected chi connectivity index (χ3v) is 11.6. The fourth-order valence-corrected chi connectivity index (χ4v) is 7.70. The molecule has 10 rings (SSSR count). The molecule has 0 fully saturated rings. The van der Waals surface area contributed by atoms with E-state index in [1.807, 2.05) is 0 Å². The number of hydrogen-bond donors (Lipinski definition) is 3. The van der Waals surface area contributed by atoms with Crippen molar-refractivity contribution < 1.29 is 945 Å². The molecule has 10 heterocycles. The van der Waals surface area contributed by atoms with Crippen molar-refractivity contribution in [2.24, 2.45) is 0 Å². The van der Waals surface area contributed by atoms with Gasteiger partial charge in [-0.1, -0.05) is 27.2 Å². The minimum atomic E-state index is -0.769. The van der Waals surface area contributed by atoms with Gasteiger partial charge in [-0.15, -0.1) is 11.6 Å². The molecule has 0 aliphatic heterocycles. The Kier molecular flexibility index (Phi) is 190. The molecule has 28 radical (unpaired) electrons. The topological polar surface area (TPSA) is 475 Å². The van der Waals surface area contributed by atoms with E-state index in [0.29, 0.717) is 145 Å². The van der Waals surface area contributed by atoms with Crippen LogP contribution in [0.15, 0.2) is 0 Å². The number of ether oxygens (including phenoxy) is 3. The van der Waals surface area contributed by atoms with Crippen LogP contribution in [0, 0.1) is 90.4 Å². The van der Waals surface area contributed by atoms with Gasteiger partial charge >= 0.3 is 0 Å². The van der Waals surface area contributed by atoms with Gasteiger partial charge in [0, 0.05) is 1080 Å². The summed E-state index contributed by atoms with van der Waals surface area (Å²) in [6.45, 7) is 6.00. The normalized spacial score (nSPS) is 9.47. The third-order valence-electron chi connectivity index (χ3n) is 11.6. The fraction of sp³-hybridized carbons (Fsp3) is 0.444. The maximum atomic E-state index is 9.92. The molecule has 0 spiro atoms. The summed E-state index contributed by atoms with van der Waals surface area (Å²) in [7, 11) is 4.61. The largest absolute Gasteiger partial charge is 0.505 e. The molecule has 0 aromatic carbocycles. The first-order valence-electron chi connectivity index (χ1n) is 27.2. The van der Waals surface area contributed by atoms with Crippen LogP contribution in [0.5, 0.6) is 0 Å². The number of nitrogens with zero attached hydrogens (tertiary/aromatic N) is 30. The second-order valence-corrected chi connectivity index (χ2v) is 18.8. The first-order valence-corrected chi connectivity index (χ1v) is 27.2. The number of aromatic nitrogens is 30. The van der Waals surface area contributed by atoms with Crippen molar-refractivity contribution in [2.75, 3.05) is 41.2 Å². The molecule has 0 bridgehead atoms. The van der Waals surface area contributed by atoms with E-state index in [-0.39, 0.29) is 972 Å². The van der Waals surface area contributed by atoms with Crippen LogP contribution in [-0.2, 0) is 981 Å². The van der Waals surface area contributed by atoms with E-state index < -0.39 is 24.2 Å². The number of aliphatic hydroxyl groups is 3. The van der Waals surface area contributed by atoms with Gasteiger partial charge in [0.1, 0.15) is 17.5 Å². The fourth-order valence-electron chi connectivity index (χ4n) is 7.70. The predicted octanol–water partition coefficient (Wildman–Crippen LogP) is -3.48. The van der Waals surface area contributed by atoms with Crippen LogP contribution >= 0.6 is 0 Å². The van der Waals surface area contributed by atoms with E-state index in [9.17, 15) is 15.3 Å². The molecule has 0 saturated carbocycles. The van der Waals surface area contributed by atoms with E-state index in [1.54, 1.807) is 27.9 Å². The van der Waals surface area contributed by atoms with Gasteiger partial charge in [-0.25, -0.2) is 15.0 Å². The van der Waals surface area contributed by atoms with E-state index in [0.717, 1.165) is 0 Å². The van der Waals surface area contributed by atoms with E-state index >= 15 is 0 Å². The average Bonchev–Trinajstić information content (AvgIpc) is 0.804. The maximum Gasteiger partial charge on any atom is 0.132 e. The van der Waals surface area contributed by atoms with E-state index in [4.69, 9.17) is 14.2 Å². The molecule has 3 N–H and O–H groups in total. The second-order valence-electron chi connectivity index (χ2n) is 18.8. The van der Waals surface area contributed by atoms with Crippen molar-refractivity contribution in [2.45, 2.75) is 116 Å². The first-order chi connectivity index (χ1) is 43.9. The monoisotopic (exact) mass is 3710 g/mol. The van der Waals surface area contributed by atoms with Crippen molar-refractivity contribution in [3.8, 4) is 0 Å². The Hall–Kier alpha value is 20.8. The summed E-state index contributed by atoms with van der Waals surface area (Å²) < 4.78 is 14.8. The zero-order valence-corrected chi connectivity index (χ0v) is 145. The third kappa shape index (κ3) is 82.5. The molecule has 0 aliphatic carbocycles. The van der Waals surface area contributed by atoms with Crippen molar-refractivity contribution in [3.63, 3.8) is 0 Å². The molecule has 550 valence electrons. The zero-order valence-electron chi connectivity index (χ0n) is 65.4. The van der Waals surface area contributed by atoms with Crippen LogP contribution in [0.3, 0.4) is 0 Å². The smallest absolute Gasteiger partial charge is 0.132 e. The molecular weight excluding hydrogens is 3650 g/mol. The number of rotatable bonds is 28. The second kappa shape index (κ2) is 118. The Morgan fingerprint density at radius 1 is 0.220 bits per heavy atom. The summed E-state index contributed by atoms with van der Waals surface area (Å²) in [5.41, 5.74) is 0. The van der Waals surface area contributed by atoms with Gasteiger partial charge in [-0.3, -0.25) is 0 Å². The summed E-state index contributed by atoms with van der Waals surface area (Å²) in [5, 5.41) is 29.5. The standard InChI is InChI=1S/C20H17N12O2.C18H21N9O2.C16H15N9O2.28Y/c1-12-22-9-28-19(30-12)17(18-26-7-21-8-27-18)20-29-11-25-16(32-20)5-15-24-10-23-14(31-15)4-3-13(33)6-34-2;1-11-19-9-21-15(23-11)6-17-25-14(5-4-13(28)8-29-3)26-18(27-17)7-16-22-10-20-12(2)24-16;1-27-6-11(26)2-3-12-20-9-21-15(24-12)5-16-23-10-22-14(25-16)4-13-18-7-17-8-19-13;;;;;;;;;;;;;;;;;;;;;;;;;;;;/h13,17,33H,3-6H2,1-2H3;13,28H,4-8H2,1-3H3;11,26H,2-6H2,1H3;;;;;;;;;;;;;;;;;;;;;;;;;;;;/q-5;-2;-4;;;;;;;;;;;;;;;;;;;;;;;;;;;;. The van der Waals surface area contributed by atoms with Crippen LogP contribution in [0.4, 0.5) is 0 Å². The van der Waals surface area contributed by atoms with Gasteiger partial charge in [0.25, 0.3) is 0 Å². The Morgan fingerprint density at radius 3 is 0.763 bits per heavy atom. The summed E-state index contributed by atoms with van der Waals surface area (Å²) in [5.74, 6) is 7.82. The molecular formula is C54H53N30O6Y28-11. The number of methoxy groups -OCH3 is 3. The van der Waals surface area contributed by atoms with Crippen molar-refractivity contribution in [1.82, 2.24) is 150 Å². The van der Waals surface area contributed by atoms with E-state index in [2.05, 4.69) is 219 Å². The Morgan fingerprint density at radius 2 is 0.432 bits per heavy atom. The first kappa shape index (κ1) is 190. The maximum absolute atomic E-state index is 9.92. The Balaban J connectivity index is -0.0000000565. The molecule has 10 aromatic rings. The molecule has 10 aromatic heterocycles. The van der Waals surface area contributed by atoms with Crippen LogP contribution in [0.2, 0.25) is 0 Å². The predicted molar refractivity (Wildman–Crippen MR) is 293 cm³/mol. The minimum absolute atomic E-state index is 0. The summed E-state index contributed by atoms with van der Waals surface area (Å²) in [6.07, 6.45) is 30.1. The van der Waals surface area contributed by atoms with E-state index in [1.165, 1.54) is 14.2 Å². The zero-order chi connectivity index (χ0) is 63.3. The van der Waals surface area contributed by atoms with Gasteiger partial charge in [0.15, 0.2) is 0 Å². The van der Waals surface area contributed by atoms with Gasteiger partial charge in [-0.05, 0) is 50.9 Å². The molecule has 64 heteroatoms. The summed E-state index contributed by atoms with van der Waals surface area (Å²) in [4.78, 5) is 123.